The van der Waals surface area contributed by atoms with Crippen LogP contribution >= 0.6 is 0 Å². The molecule has 3 nitrogen and oxygen atoms in total. The third-order valence-corrected chi connectivity index (χ3v) is 1.03. The third kappa shape index (κ3) is 7.06. The van der Waals surface area contributed by atoms with Gasteiger partial charge in [-0.1, -0.05) is 6.58 Å². The summed E-state index contributed by atoms with van der Waals surface area (Å²) in [7, 11) is 1.33. The van der Waals surface area contributed by atoms with E-state index < -0.39 is 0 Å². The lowest BCUT2D eigenvalue weighted by Gasteiger charge is -1.91. The summed E-state index contributed by atoms with van der Waals surface area (Å²) in [6.07, 6.45) is 0.583. The van der Waals surface area contributed by atoms with Gasteiger partial charge in [-0.15, -0.1) is 0 Å². The van der Waals surface area contributed by atoms with Crippen LogP contribution in [0.1, 0.15) is 13.8 Å². The van der Waals surface area contributed by atoms with Crippen LogP contribution in [0.4, 0.5) is 0 Å². The first-order valence-electron chi connectivity index (χ1n) is 3.43. The minimum atomic E-state index is -0.347. The van der Waals surface area contributed by atoms with E-state index in [9.17, 15) is 4.79 Å². The molecule has 3 heteroatoms. The lowest BCUT2D eigenvalue weighted by atomic mass is 10.4. The Labute approximate surface area is 67.0 Å². The number of esters is 1. The summed E-state index contributed by atoms with van der Waals surface area (Å²) >= 11 is 0. The monoisotopic (exact) mass is 158 g/mol. The molecule has 0 saturated carbocycles. The van der Waals surface area contributed by atoms with E-state index in [4.69, 9.17) is 4.74 Å². The Hall–Kier alpha value is -0.830. The SMILES string of the molecule is C=C(C)C(=O)OC.CC1CO1. The van der Waals surface area contributed by atoms with Crippen molar-refractivity contribution in [3.8, 4) is 0 Å². The zero-order chi connectivity index (χ0) is 8.85. The number of carbonyl (C=O) groups is 1. The van der Waals surface area contributed by atoms with E-state index in [0.29, 0.717) is 11.7 Å². The normalized spacial score (nSPS) is 19.4. The fourth-order valence-electron chi connectivity index (χ4n) is 0.270. The van der Waals surface area contributed by atoms with Gasteiger partial charge in [0.05, 0.1) is 19.8 Å². The molecule has 1 atom stereocenters. The zero-order valence-corrected chi connectivity index (χ0v) is 7.22. The van der Waals surface area contributed by atoms with Crippen molar-refractivity contribution in [2.45, 2.75) is 20.0 Å². The van der Waals surface area contributed by atoms with Crippen LogP contribution < -0.4 is 0 Å². The molecular formula is C8H14O3. The van der Waals surface area contributed by atoms with Gasteiger partial charge < -0.3 is 9.47 Å². The highest BCUT2D eigenvalue weighted by atomic mass is 16.6. The number of hydrogen-bond acceptors (Lipinski definition) is 3. The largest absolute Gasteiger partial charge is 0.466 e. The third-order valence-electron chi connectivity index (χ3n) is 1.03. The molecule has 0 spiro atoms. The summed E-state index contributed by atoms with van der Waals surface area (Å²) in [6, 6.07) is 0. The van der Waals surface area contributed by atoms with Crippen LogP contribution in [0.5, 0.6) is 0 Å². The number of ether oxygens (including phenoxy) is 2. The molecule has 1 aliphatic rings. The van der Waals surface area contributed by atoms with Gasteiger partial charge in [0.15, 0.2) is 0 Å². The van der Waals surface area contributed by atoms with Crippen molar-refractivity contribution in [1.82, 2.24) is 0 Å². The second-order valence-electron chi connectivity index (χ2n) is 2.42. The molecule has 0 aromatic heterocycles. The van der Waals surface area contributed by atoms with Gasteiger partial charge in [-0.25, -0.2) is 4.79 Å². The maximum atomic E-state index is 10.2. The van der Waals surface area contributed by atoms with E-state index in [-0.39, 0.29) is 5.97 Å². The molecule has 0 N–H and O–H groups in total. The fraction of sp³-hybridized carbons (Fsp3) is 0.625. The zero-order valence-electron chi connectivity index (χ0n) is 7.22. The Morgan fingerprint density at radius 2 is 2.09 bits per heavy atom. The summed E-state index contributed by atoms with van der Waals surface area (Å²) in [6.45, 7) is 8.00. The molecule has 11 heavy (non-hydrogen) atoms. The molecule has 1 saturated heterocycles. The number of rotatable bonds is 1. The van der Waals surface area contributed by atoms with Gasteiger partial charge in [-0.2, -0.15) is 0 Å². The molecule has 1 heterocycles. The molecule has 0 bridgehead atoms. The molecule has 1 unspecified atom stereocenters. The summed E-state index contributed by atoms with van der Waals surface area (Å²) in [5, 5.41) is 0. The number of methoxy groups -OCH3 is 1. The Morgan fingerprint density at radius 3 is 2.09 bits per heavy atom. The van der Waals surface area contributed by atoms with E-state index in [0.717, 1.165) is 6.61 Å². The van der Waals surface area contributed by atoms with Crippen LogP contribution in [0.3, 0.4) is 0 Å². The average molecular weight is 158 g/mol. The van der Waals surface area contributed by atoms with Crippen molar-refractivity contribution >= 4 is 5.97 Å². The molecular weight excluding hydrogens is 144 g/mol. The molecule has 0 radical (unpaired) electrons. The highest BCUT2D eigenvalue weighted by Gasteiger charge is 2.13. The molecule has 1 aliphatic heterocycles. The van der Waals surface area contributed by atoms with E-state index in [1.807, 2.05) is 0 Å². The van der Waals surface area contributed by atoms with Gasteiger partial charge in [0, 0.05) is 5.57 Å². The smallest absolute Gasteiger partial charge is 0.332 e. The van der Waals surface area contributed by atoms with Crippen LogP contribution in [0.2, 0.25) is 0 Å². The van der Waals surface area contributed by atoms with Crippen molar-refractivity contribution in [2.75, 3.05) is 13.7 Å². The van der Waals surface area contributed by atoms with Crippen LogP contribution in [0.25, 0.3) is 0 Å². The fourth-order valence-corrected chi connectivity index (χ4v) is 0.270. The van der Waals surface area contributed by atoms with E-state index in [1.165, 1.54) is 7.11 Å². The number of carbonyl (C=O) groups excluding carboxylic acids is 1. The van der Waals surface area contributed by atoms with Crippen LogP contribution in [-0.4, -0.2) is 25.8 Å². The van der Waals surface area contributed by atoms with Crippen LogP contribution in [0, 0.1) is 0 Å². The first-order valence-corrected chi connectivity index (χ1v) is 3.43. The quantitative estimate of drug-likeness (QED) is 0.326. The van der Waals surface area contributed by atoms with Gasteiger partial charge in [-0.05, 0) is 13.8 Å². The second-order valence-corrected chi connectivity index (χ2v) is 2.42. The second kappa shape index (κ2) is 4.91. The van der Waals surface area contributed by atoms with E-state index >= 15 is 0 Å². The first kappa shape index (κ1) is 10.2. The van der Waals surface area contributed by atoms with Crippen molar-refractivity contribution in [1.29, 1.82) is 0 Å². The van der Waals surface area contributed by atoms with Gasteiger partial charge in [0.25, 0.3) is 0 Å². The van der Waals surface area contributed by atoms with Crippen LogP contribution in [-0.2, 0) is 14.3 Å². The Morgan fingerprint density at radius 1 is 1.73 bits per heavy atom. The summed E-state index contributed by atoms with van der Waals surface area (Å²) < 4.78 is 8.98. The highest BCUT2D eigenvalue weighted by Crippen LogP contribution is 2.04. The summed E-state index contributed by atoms with van der Waals surface area (Å²) in [5.41, 5.74) is 0.433. The molecule has 0 amide bonds. The predicted octanol–water partition coefficient (Wildman–Crippen LogP) is 1.14. The topological polar surface area (TPSA) is 38.8 Å². The molecule has 1 fully saturated rings. The van der Waals surface area contributed by atoms with Crippen molar-refractivity contribution in [3.05, 3.63) is 12.2 Å². The minimum Gasteiger partial charge on any atom is -0.466 e. The van der Waals surface area contributed by atoms with E-state index in [2.05, 4.69) is 18.2 Å². The maximum absolute atomic E-state index is 10.2. The highest BCUT2D eigenvalue weighted by molar-refractivity contribution is 5.86. The van der Waals surface area contributed by atoms with Crippen molar-refractivity contribution < 1.29 is 14.3 Å². The van der Waals surface area contributed by atoms with Gasteiger partial charge in [0.1, 0.15) is 0 Å². The lowest BCUT2D eigenvalue weighted by molar-refractivity contribution is -0.136. The van der Waals surface area contributed by atoms with Gasteiger partial charge >= 0.3 is 5.97 Å². The predicted molar refractivity (Wildman–Crippen MR) is 42.2 cm³/mol. The number of hydrogen-bond donors (Lipinski definition) is 0. The standard InChI is InChI=1S/C5H8O2.C3H6O/c1-4(2)5(6)7-3;1-3-2-4-3/h1H2,2-3H3;3H,2H2,1H3. The lowest BCUT2D eigenvalue weighted by Crippen LogP contribution is -1.98. The minimum absolute atomic E-state index is 0.347. The Bertz CT molecular complexity index is 147. The maximum Gasteiger partial charge on any atom is 0.332 e. The molecule has 64 valence electrons. The molecule has 0 aromatic rings. The number of epoxide rings is 1. The summed E-state index contributed by atoms with van der Waals surface area (Å²) in [4.78, 5) is 10.2. The van der Waals surface area contributed by atoms with E-state index in [1.54, 1.807) is 6.92 Å². The average Bonchev–Trinajstić information content (AvgIpc) is 2.71. The van der Waals surface area contributed by atoms with Crippen LogP contribution in [0.15, 0.2) is 12.2 Å². The first-order chi connectivity index (χ1) is 5.07. The summed E-state index contributed by atoms with van der Waals surface area (Å²) in [5.74, 6) is -0.347. The Balaban J connectivity index is 0.000000207. The van der Waals surface area contributed by atoms with Gasteiger partial charge in [0.2, 0.25) is 0 Å². The van der Waals surface area contributed by atoms with Gasteiger partial charge in [-0.3, -0.25) is 0 Å². The Kier molecular flexibility index (Phi) is 4.54. The molecule has 0 aliphatic carbocycles. The van der Waals surface area contributed by atoms with Crippen molar-refractivity contribution in [3.63, 3.8) is 0 Å². The molecule has 0 aromatic carbocycles. The van der Waals surface area contributed by atoms with Crippen molar-refractivity contribution in [2.24, 2.45) is 0 Å². The molecule has 1 rings (SSSR count).